The van der Waals surface area contributed by atoms with Crippen LogP contribution in [0.1, 0.15) is 73.1 Å². The second-order valence-corrected chi connectivity index (χ2v) is 8.44. The zero-order valence-electron chi connectivity index (χ0n) is 16.3. The number of imide groups is 1. The van der Waals surface area contributed by atoms with Crippen molar-refractivity contribution in [3.8, 4) is 0 Å². The van der Waals surface area contributed by atoms with E-state index in [2.05, 4.69) is 5.32 Å². The summed E-state index contributed by atoms with van der Waals surface area (Å²) in [7, 11) is 0. The first-order chi connectivity index (χ1) is 11.7. The molecule has 0 spiro atoms. The van der Waals surface area contributed by atoms with Crippen molar-refractivity contribution in [1.29, 1.82) is 0 Å². The molecule has 1 saturated heterocycles. The zero-order valence-corrected chi connectivity index (χ0v) is 16.3. The van der Waals surface area contributed by atoms with Crippen LogP contribution in [-0.2, 0) is 9.59 Å². The van der Waals surface area contributed by atoms with Crippen molar-refractivity contribution >= 4 is 17.8 Å². The second kappa shape index (κ2) is 7.75. The first-order valence-electron chi connectivity index (χ1n) is 9.61. The summed E-state index contributed by atoms with van der Waals surface area (Å²) in [5, 5.41) is 2.78. The molecular formula is C19H33N3O3. The van der Waals surface area contributed by atoms with E-state index in [0.29, 0.717) is 6.42 Å². The molecule has 0 bridgehead atoms. The molecule has 4 amide bonds. The van der Waals surface area contributed by atoms with Gasteiger partial charge in [-0.1, -0.05) is 33.1 Å². The Balaban J connectivity index is 2.09. The largest absolute Gasteiger partial charge is 0.336 e. The Labute approximate surface area is 151 Å². The van der Waals surface area contributed by atoms with Gasteiger partial charge in [-0.15, -0.1) is 0 Å². The third-order valence-corrected chi connectivity index (χ3v) is 5.27. The number of hydrogen-bond acceptors (Lipinski definition) is 3. The molecule has 1 heterocycles. The normalized spacial score (nSPS) is 25.0. The summed E-state index contributed by atoms with van der Waals surface area (Å²) in [5.41, 5.74) is -0.904. The van der Waals surface area contributed by atoms with Gasteiger partial charge in [-0.05, 0) is 46.0 Å². The predicted octanol–water partition coefficient (Wildman–Crippen LogP) is 2.91. The molecule has 0 radical (unpaired) electrons. The Bertz CT molecular complexity index is 526. The van der Waals surface area contributed by atoms with Crippen LogP contribution in [0.4, 0.5) is 4.79 Å². The molecule has 6 heteroatoms. The Hall–Kier alpha value is -1.59. The summed E-state index contributed by atoms with van der Waals surface area (Å²) in [6.07, 6.45) is 6.08. The van der Waals surface area contributed by atoms with Crippen LogP contribution in [0.5, 0.6) is 0 Å². The highest BCUT2D eigenvalue weighted by molar-refractivity contribution is 6.08. The lowest BCUT2D eigenvalue weighted by atomic mass is 9.91. The SMILES string of the molecule is CC(C)C[C@@]1(C)NC(=O)N(CC(=O)N(C(C)C)C2CCCCC2)C1=O. The molecule has 6 nitrogen and oxygen atoms in total. The molecule has 2 aliphatic rings. The fraction of sp³-hybridized carbons (Fsp3) is 0.842. The number of hydrogen-bond donors (Lipinski definition) is 1. The maximum Gasteiger partial charge on any atom is 0.325 e. The van der Waals surface area contributed by atoms with Gasteiger partial charge in [-0.2, -0.15) is 0 Å². The third-order valence-electron chi connectivity index (χ3n) is 5.27. The highest BCUT2D eigenvalue weighted by Crippen LogP contribution is 2.27. The van der Waals surface area contributed by atoms with Gasteiger partial charge in [-0.3, -0.25) is 14.5 Å². The standard InChI is InChI=1S/C19H33N3O3/c1-13(2)11-19(5)17(24)21(18(25)20-19)12-16(23)22(14(3)4)15-9-7-6-8-10-15/h13-15H,6-12H2,1-5H3,(H,20,25)/t19-/m1/s1. The zero-order chi connectivity index (χ0) is 18.8. The quantitative estimate of drug-likeness (QED) is 0.748. The van der Waals surface area contributed by atoms with Crippen LogP contribution in [0.3, 0.4) is 0 Å². The Kier molecular flexibility index (Phi) is 6.12. The van der Waals surface area contributed by atoms with E-state index in [4.69, 9.17) is 0 Å². The van der Waals surface area contributed by atoms with Gasteiger partial charge >= 0.3 is 6.03 Å². The summed E-state index contributed by atoms with van der Waals surface area (Å²) >= 11 is 0. The predicted molar refractivity (Wildman–Crippen MR) is 97.0 cm³/mol. The fourth-order valence-corrected chi connectivity index (χ4v) is 4.33. The van der Waals surface area contributed by atoms with Gasteiger partial charge in [0.2, 0.25) is 5.91 Å². The lowest BCUT2D eigenvalue weighted by Crippen LogP contribution is -2.51. The van der Waals surface area contributed by atoms with Gasteiger partial charge in [-0.25, -0.2) is 4.79 Å². The summed E-state index contributed by atoms with van der Waals surface area (Å²) in [6.45, 7) is 9.62. The van der Waals surface area contributed by atoms with Crippen LogP contribution in [-0.4, -0.2) is 51.8 Å². The first kappa shape index (κ1) is 19.7. The molecule has 142 valence electrons. The molecular weight excluding hydrogens is 318 g/mol. The summed E-state index contributed by atoms with van der Waals surface area (Å²) < 4.78 is 0. The topological polar surface area (TPSA) is 69.7 Å². The van der Waals surface area contributed by atoms with Crippen LogP contribution >= 0.6 is 0 Å². The van der Waals surface area contributed by atoms with Crippen LogP contribution in [0.15, 0.2) is 0 Å². The van der Waals surface area contributed by atoms with Crippen molar-refractivity contribution < 1.29 is 14.4 Å². The monoisotopic (exact) mass is 351 g/mol. The smallest absolute Gasteiger partial charge is 0.325 e. The molecule has 1 saturated carbocycles. The highest BCUT2D eigenvalue weighted by atomic mass is 16.2. The van der Waals surface area contributed by atoms with Crippen molar-refractivity contribution in [2.75, 3.05) is 6.54 Å². The maximum atomic E-state index is 12.9. The Morgan fingerprint density at radius 1 is 1.20 bits per heavy atom. The molecule has 0 aromatic heterocycles. The molecule has 0 unspecified atom stereocenters. The average molecular weight is 351 g/mol. The number of amides is 4. The van der Waals surface area contributed by atoms with Gasteiger partial charge in [0.25, 0.3) is 5.91 Å². The number of nitrogens with one attached hydrogen (secondary N) is 1. The lowest BCUT2D eigenvalue weighted by Gasteiger charge is -2.38. The molecule has 1 aliphatic heterocycles. The van der Waals surface area contributed by atoms with Gasteiger partial charge in [0.1, 0.15) is 12.1 Å². The summed E-state index contributed by atoms with van der Waals surface area (Å²) in [5.74, 6) is -0.134. The summed E-state index contributed by atoms with van der Waals surface area (Å²) in [6, 6.07) is -0.156. The van der Waals surface area contributed by atoms with Gasteiger partial charge in [0.05, 0.1) is 0 Å². The van der Waals surface area contributed by atoms with Gasteiger partial charge < -0.3 is 10.2 Å². The Morgan fingerprint density at radius 3 is 2.32 bits per heavy atom. The Morgan fingerprint density at radius 2 is 1.80 bits per heavy atom. The van der Waals surface area contributed by atoms with E-state index in [-0.39, 0.29) is 36.4 Å². The van der Waals surface area contributed by atoms with Crippen LogP contribution in [0.2, 0.25) is 0 Å². The van der Waals surface area contributed by atoms with E-state index < -0.39 is 11.6 Å². The maximum absolute atomic E-state index is 12.9. The average Bonchev–Trinajstić information content (AvgIpc) is 2.70. The molecule has 25 heavy (non-hydrogen) atoms. The molecule has 1 aliphatic carbocycles. The molecule has 1 N–H and O–H groups in total. The van der Waals surface area contributed by atoms with Gasteiger partial charge in [0, 0.05) is 12.1 Å². The van der Waals surface area contributed by atoms with E-state index in [9.17, 15) is 14.4 Å². The van der Waals surface area contributed by atoms with Crippen molar-refractivity contribution in [2.24, 2.45) is 5.92 Å². The van der Waals surface area contributed by atoms with E-state index >= 15 is 0 Å². The van der Waals surface area contributed by atoms with Crippen molar-refractivity contribution in [3.63, 3.8) is 0 Å². The number of urea groups is 1. The van der Waals surface area contributed by atoms with Crippen LogP contribution in [0, 0.1) is 5.92 Å². The molecule has 0 aromatic carbocycles. The number of nitrogens with zero attached hydrogens (tertiary/aromatic N) is 2. The molecule has 1 atom stereocenters. The molecule has 0 aromatic rings. The molecule has 2 rings (SSSR count). The number of rotatable bonds is 6. The molecule has 2 fully saturated rings. The van der Waals surface area contributed by atoms with Crippen LogP contribution in [0.25, 0.3) is 0 Å². The second-order valence-electron chi connectivity index (χ2n) is 8.44. The van der Waals surface area contributed by atoms with E-state index in [0.717, 1.165) is 30.6 Å². The van der Waals surface area contributed by atoms with E-state index in [1.807, 2.05) is 32.6 Å². The third kappa shape index (κ3) is 4.33. The van der Waals surface area contributed by atoms with Crippen LogP contribution < -0.4 is 5.32 Å². The van der Waals surface area contributed by atoms with Crippen molar-refractivity contribution in [1.82, 2.24) is 15.1 Å². The van der Waals surface area contributed by atoms with Crippen molar-refractivity contribution in [2.45, 2.75) is 90.8 Å². The number of carbonyl (C=O) groups excluding carboxylic acids is 3. The number of carbonyl (C=O) groups is 3. The van der Waals surface area contributed by atoms with Gasteiger partial charge in [0.15, 0.2) is 0 Å². The highest BCUT2D eigenvalue weighted by Gasteiger charge is 2.48. The minimum Gasteiger partial charge on any atom is -0.336 e. The fourth-order valence-electron chi connectivity index (χ4n) is 4.33. The lowest BCUT2D eigenvalue weighted by molar-refractivity contribution is -0.142. The van der Waals surface area contributed by atoms with Crippen molar-refractivity contribution in [3.05, 3.63) is 0 Å². The first-order valence-corrected chi connectivity index (χ1v) is 9.61. The minimum absolute atomic E-state index is 0.0680. The van der Waals surface area contributed by atoms with E-state index in [1.54, 1.807) is 6.92 Å². The van der Waals surface area contributed by atoms with E-state index in [1.165, 1.54) is 6.42 Å². The summed E-state index contributed by atoms with van der Waals surface area (Å²) in [4.78, 5) is 41.0. The minimum atomic E-state index is -0.904.